The molecule has 1 saturated carbocycles. The lowest BCUT2D eigenvalue weighted by Gasteiger charge is -2.32. The number of nitrogens with zero attached hydrogens (tertiary/aromatic N) is 1. The van der Waals surface area contributed by atoms with Gasteiger partial charge in [0.15, 0.2) is 0 Å². The van der Waals surface area contributed by atoms with E-state index in [0.29, 0.717) is 5.92 Å². The monoisotopic (exact) mass is 265 g/mol. The maximum Gasteiger partial charge on any atom is 0.123 e. The molecule has 98 valence electrons. The molecular weight excluding hydrogens is 246 g/mol. The minimum absolute atomic E-state index is 0.0390. The second-order valence-corrected chi connectivity index (χ2v) is 6.38. The Labute approximate surface area is 114 Å². The van der Waals surface area contributed by atoms with Crippen LogP contribution < -0.4 is 4.74 Å². The van der Waals surface area contributed by atoms with Crippen molar-refractivity contribution in [3.8, 4) is 5.75 Å². The fourth-order valence-corrected chi connectivity index (χ4v) is 3.74. The highest BCUT2D eigenvalue weighted by molar-refractivity contribution is 6.30. The Balaban J connectivity index is 1.86. The van der Waals surface area contributed by atoms with Crippen molar-refractivity contribution in [1.82, 2.24) is 4.90 Å². The summed E-state index contributed by atoms with van der Waals surface area (Å²) in [5.41, 5.74) is 1.32. The molecule has 0 saturated heterocycles. The van der Waals surface area contributed by atoms with E-state index in [4.69, 9.17) is 16.3 Å². The Morgan fingerprint density at radius 1 is 1.44 bits per heavy atom. The molecule has 3 rings (SSSR count). The van der Waals surface area contributed by atoms with Gasteiger partial charge in [-0.05, 0) is 57.1 Å². The van der Waals surface area contributed by atoms with Gasteiger partial charge in [0.25, 0.3) is 0 Å². The highest BCUT2D eigenvalue weighted by Gasteiger charge is 2.48. The first-order chi connectivity index (χ1) is 8.59. The van der Waals surface area contributed by atoms with Crippen LogP contribution in [0.1, 0.15) is 24.8 Å². The number of rotatable bonds is 2. The molecule has 1 spiro atoms. The van der Waals surface area contributed by atoms with Gasteiger partial charge in [0.05, 0.1) is 0 Å². The number of hydrogen-bond donors (Lipinski definition) is 0. The van der Waals surface area contributed by atoms with Crippen LogP contribution in [0, 0.1) is 5.92 Å². The molecule has 1 heterocycles. The van der Waals surface area contributed by atoms with Crippen molar-refractivity contribution in [3.05, 3.63) is 28.8 Å². The van der Waals surface area contributed by atoms with Gasteiger partial charge in [-0.25, -0.2) is 0 Å². The number of benzene rings is 1. The van der Waals surface area contributed by atoms with E-state index >= 15 is 0 Å². The Hall–Kier alpha value is -0.730. The molecular formula is C15H20ClNO. The van der Waals surface area contributed by atoms with Crippen LogP contribution in [0.2, 0.25) is 5.02 Å². The second-order valence-electron chi connectivity index (χ2n) is 5.95. The van der Waals surface area contributed by atoms with E-state index < -0.39 is 0 Å². The summed E-state index contributed by atoms with van der Waals surface area (Å²) in [5, 5.41) is 0.816. The van der Waals surface area contributed by atoms with Crippen LogP contribution in [0.5, 0.6) is 5.75 Å². The summed E-state index contributed by atoms with van der Waals surface area (Å²) in [6.45, 7) is 1.11. The Morgan fingerprint density at radius 2 is 2.28 bits per heavy atom. The fourth-order valence-electron chi connectivity index (χ4n) is 3.54. The highest BCUT2D eigenvalue weighted by atomic mass is 35.5. The van der Waals surface area contributed by atoms with Crippen LogP contribution in [0.3, 0.4) is 0 Å². The van der Waals surface area contributed by atoms with Gasteiger partial charge in [0.2, 0.25) is 0 Å². The van der Waals surface area contributed by atoms with E-state index in [0.717, 1.165) is 23.7 Å². The van der Waals surface area contributed by atoms with Crippen molar-refractivity contribution in [1.29, 1.82) is 0 Å². The minimum Gasteiger partial charge on any atom is -0.486 e. The summed E-state index contributed by atoms with van der Waals surface area (Å²) in [4.78, 5) is 2.27. The molecule has 1 aromatic carbocycles. The summed E-state index contributed by atoms with van der Waals surface area (Å²) in [7, 11) is 4.29. The first kappa shape index (κ1) is 12.3. The molecule has 1 aliphatic carbocycles. The smallest absolute Gasteiger partial charge is 0.123 e. The van der Waals surface area contributed by atoms with Crippen molar-refractivity contribution < 1.29 is 4.74 Å². The highest BCUT2D eigenvalue weighted by Crippen LogP contribution is 2.48. The minimum atomic E-state index is 0.0390. The Kier molecular flexibility index (Phi) is 3.03. The zero-order valence-electron chi connectivity index (χ0n) is 11.1. The lowest BCUT2D eigenvalue weighted by molar-refractivity contribution is 0.0408. The normalized spacial score (nSPS) is 29.9. The molecule has 3 heteroatoms. The summed E-state index contributed by atoms with van der Waals surface area (Å²) in [6, 6.07) is 6.02. The van der Waals surface area contributed by atoms with Gasteiger partial charge >= 0.3 is 0 Å². The van der Waals surface area contributed by atoms with Crippen molar-refractivity contribution in [3.63, 3.8) is 0 Å². The van der Waals surface area contributed by atoms with Gasteiger partial charge in [-0.2, -0.15) is 0 Å². The zero-order chi connectivity index (χ0) is 12.8. The Bertz CT molecular complexity index is 460. The lowest BCUT2D eigenvalue weighted by Crippen LogP contribution is -2.42. The van der Waals surface area contributed by atoms with E-state index in [1.807, 2.05) is 12.1 Å². The van der Waals surface area contributed by atoms with Gasteiger partial charge < -0.3 is 9.64 Å². The molecule has 0 bridgehead atoms. The maximum atomic E-state index is 6.34. The largest absolute Gasteiger partial charge is 0.486 e. The van der Waals surface area contributed by atoms with E-state index in [-0.39, 0.29) is 5.60 Å². The Morgan fingerprint density at radius 3 is 3.06 bits per heavy atom. The molecule has 1 aromatic rings. The van der Waals surface area contributed by atoms with E-state index in [9.17, 15) is 0 Å². The van der Waals surface area contributed by atoms with Gasteiger partial charge in [-0.1, -0.05) is 11.6 Å². The molecule has 0 N–H and O–H groups in total. The number of halogens is 1. The molecule has 1 aliphatic heterocycles. The van der Waals surface area contributed by atoms with Crippen molar-refractivity contribution in [2.45, 2.75) is 31.3 Å². The molecule has 18 heavy (non-hydrogen) atoms. The average Bonchev–Trinajstić information content (AvgIpc) is 2.83. The lowest BCUT2D eigenvalue weighted by atomic mass is 9.86. The van der Waals surface area contributed by atoms with E-state index in [1.54, 1.807) is 0 Å². The third-order valence-corrected chi connectivity index (χ3v) is 4.54. The maximum absolute atomic E-state index is 6.34. The predicted molar refractivity (Wildman–Crippen MR) is 74.4 cm³/mol. The topological polar surface area (TPSA) is 12.5 Å². The number of fused-ring (bicyclic) bond motifs is 1. The van der Waals surface area contributed by atoms with Gasteiger partial charge in [0, 0.05) is 23.9 Å². The van der Waals surface area contributed by atoms with Gasteiger partial charge in [-0.3, -0.25) is 0 Å². The number of ether oxygens (including phenoxy) is 1. The van der Waals surface area contributed by atoms with Crippen LogP contribution in [-0.2, 0) is 6.42 Å². The molecule has 0 aromatic heterocycles. The molecule has 2 aliphatic rings. The van der Waals surface area contributed by atoms with Crippen LogP contribution >= 0.6 is 11.6 Å². The van der Waals surface area contributed by atoms with Gasteiger partial charge in [0.1, 0.15) is 11.4 Å². The van der Waals surface area contributed by atoms with Crippen LogP contribution in [-0.4, -0.2) is 31.1 Å². The molecule has 2 atom stereocenters. The molecule has 2 nitrogen and oxygen atoms in total. The summed E-state index contributed by atoms with van der Waals surface area (Å²) in [5.74, 6) is 1.68. The van der Waals surface area contributed by atoms with E-state index in [2.05, 4.69) is 25.1 Å². The van der Waals surface area contributed by atoms with E-state index in [1.165, 1.54) is 24.8 Å². The van der Waals surface area contributed by atoms with Crippen molar-refractivity contribution >= 4 is 11.6 Å². The molecule has 0 amide bonds. The SMILES string of the molecule is CN(C)C[C@@H]1CCC[C@]12Cc1cc(Cl)ccc1O2. The summed E-state index contributed by atoms with van der Waals surface area (Å²) >= 11 is 6.08. The molecule has 0 radical (unpaired) electrons. The average molecular weight is 266 g/mol. The molecule has 1 fully saturated rings. The molecule has 0 unspecified atom stereocenters. The number of hydrogen-bond acceptors (Lipinski definition) is 2. The van der Waals surface area contributed by atoms with Gasteiger partial charge in [-0.15, -0.1) is 0 Å². The van der Waals surface area contributed by atoms with Crippen LogP contribution in [0.25, 0.3) is 0 Å². The first-order valence-electron chi connectivity index (χ1n) is 6.71. The zero-order valence-corrected chi connectivity index (χ0v) is 11.8. The van der Waals surface area contributed by atoms with Crippen LogP contribution in [0.4, 0.5) is 0 Å². The third kappa shape index (κ3) is 2.02. The third-order valence-electron chi connectivity index (χ3n) is 4.31. The summed E-state index contributed by atoms with van der Waals surface area (Å²) < 4.78 is 6.34. The van der Waals surface area contributed by atoms with Crippen LogP contribution in [0.15, 0.2) is 18.2 Å². The summed E-state index contributed by atoms with van der Waals surface area (Å²) in [6.07, 6.45) is 4.76. The van der Waals surface area contributed by atoms with Crippen molar-refractivity contribution in [2.75, 3.05) is 20.6 Å². The second kappa shape index (κ2) is 4.43. The fraction of sp³-hybridized carbons (Fsp3) is 0.600. The first-order valence-corrected chi connectivity index (χ1v) is 7.09. The quantitative estimate of drug-likeness (QED) is 0.813. The van der Waals surface area contributed by atoms with Crippen molar-refractivity contribution in [2.24, 2.45) is 5.92 Å². The predicted octanol–water partition coefficient (Wildman–Crippen LogP) is 3.38. The standard InChI is InChI=1S/C15H20ClNO/c1-17(2)10-12-4-3-7-15(12)9-11-8-13(16)5-6-14(11)18-15/h5-6,8,12H,3-4,7,9-10H2,1-2H3/t12-,15-/m0/s1.